The Hall–Kier alpha value is -1.41. The van der Waals surface area contributed by atoms with Crippen LogP contribution in [0.2, 0.25) is 0 Å². The first-order valence-electron chi connectivity index (χ1n) is 4.82. The van der Waals surface area contributed by atoms with Crippen LogP contribution in [0, 0.1) is 5.92 Å². The van der Waals surface area contributed by atoms with Gasteiger partial charge in [-0.05, 0) is 6.42 Å². The predicted molar refractivity (Wildman–Crippen MR) is 57.6 cm³/mol. The molecule has 0 bridgehead atoms. The summed E-state index contributed by atoms with van der Waals surface area (Å²) in [6.07, 6.45) is 3.04. The number of rotatable bonds is 5. The molecule has 1 aliphatic carbocycles. The molecule has 0 aromatic carbocycles. The molecule has 0 saturated carbocycles. The van der Waals surface area contributed by atoms with Gasteiger partial charge in [-0.15, -0.1) is 0 Å². The van der Waals surface area contributed by atoms with Crippen LogP contribution in [0.25, 0.3) is 0 Å². The Labute approximate surface area is 98.5 Å². The maximum Gasteiger partial charge on any atom is 0.322 e. The number of methoxy groups -OCH3 is 1. The van der Waals surface area contributed by atoms with Crippen LogP contribution in [-0.2, 0) is 24.3 Å². The lowest BCUT2D eigenvalue weighted by Gasteiger charge is -2.11. The van der Waals surface area contributed by atoms with Gasteiger partial charge in [0.25, 0.3) is 0 Å². The molecule has 0 radical (unpaired) electrons. The summed E-state index contributed by atoms with van der Waals surface area (Å²) in [6.45, 7) is 0. The van der Waals surface area contributed by atoms with Gasteiger partial charge in [0.05, 0.1) is 13.0 Å². The van der Waals surface area contributed by atoms with Gasteiger partial charge in [-0.1, -0.05) is 12.2 Å². The average Bonchev–Trinajstić information content (AvgIpc) is 2.64. The zero-order chi connectivity index (χ0) is 13.1. The Kier molecular flexibility index (Phi) is 4.24. The molecule has 17 heavy (non-hydrogen) atoms. The minimum atomic E-state index is -3.79. The molecule has 0 spiro atoms. The van der Waals surface area contributed by atoms with Gasteiger partial charge < -0.3 is 9.84 Å². The molecule has 0 aliphatic heterocycles. The Morgan fingerprint density at radius 1 is 1.47 bits per heavy atom. The van der Waals surface area contributed by atoms with E-state index >= 15 is 0 Å². The lowest BCUT2D eigenvalue weighted by Crippen LogP contribution is -2.37. The van der Waals surface area contributed by atoms with E-state index in [4.69, 9.17) is 5.11 Å². The van der Waals surface area contributed by atoms with Crippen LogP contribution in [0.15, 0.2) is 12.2 Å². The molecule has 7 nitrogen and oxygen atoms in total. The van der Waals surface area contributed by atoms with E-state index < -0.39 is 39.7 Å². The normalized spacial score (nSPS) is 23.6. The number of carbonyl (C=O) groups is 2. The molecule has 0 saturated heterocycles. The van der Waals surface area contributed by atoms with Crippen LogP contribution in [0.3, 0.4) is 0 Å². The van der Waals surface area contributed by atoms with Gasteiger partial charge in [0.15, 0.2) is 5.75 Å². The van der Waals surface area contributed by atoms with Crippen LogP contribution >= 0.6 is 0 Å². The zero-order valence-corrected chi connectivity index (χ0v) is 9.94. The molecule has 0 aromatic heterocycles. The number of esters is 1. The Bertz CT molecular complexity index is 440. The van der Waals surface area contributed by atoms with E-state index in [1.165, 1.54) is 12.2 Å². The third-order valence-electron chi connectivity index (χ3n) is 2.27. The SMILES string of the molecule is COC(=O)CS(=O)(=O)NC1C=CC(C(=O)O)C1. The van der Waals surface area contributed by atoms with Crippen molar-refractivity contribution < 1.29 is 27.9 Å². The van der Waals surface area contributed by atoms with Crippen molar-refractivity contribution in [2.24, 2.45) is 5.92 Å². The quantitative estimate of drug-likeness (QED) is 0.492. The molecule has 1 rings (SSSR count). The summed E-state index contributed by atoms with van der Waals surface area (Å²) in [5, 5.41) is 8.71. The van der Waals surface area contributed by atoms with Gasteiger partial charge >= 0.3 is 11.9 Å². The average molecular weight is 263 g/mol. The molecule has 8 heteroatoms. The number of carboxylic acids is 1. The second kappa shape index (κ2) is 5.28. The molecule has 1 aliphatic rings. The second-order valence-electron chi connectivity index (χ2n) is 3.62. The lowest BCUT2D eigenvalue weighted by atomic mass is 10.1. The van der Waals surface area contributed by atoms with Crippen LogP contribution in [-0.4, -0.2) is 44.4 Å². The summed E-state index contributed by atoms with van der Waals surface area (Å²) >= 11 is 0. The number of ether oxygens (including phenoxy) is 1. The van der Waals surface area contributed by atoms with Crippen molar-refractivity contribution in [3.05, 3.63) is 12.2 Å². The Morgan fingerprint density at radius 3 is 2.59 bits per heavy atom. The topological polar surface area (TPSA) is 110 Å². The largest absolute Gasteiger partial charge is 0.481 e. The van der Waals surface area contributed by atoms with Crippen molar-refractivity contribution in [2.45, 2.75) is 12.5 Å². The van der Waals surface area contributed by atoms with Gasteiger partial charge in [0.1, 0.15) is 0 Å². The minimum absolute atomic E-state index is 0.149. The number of nitrogens with one attached hydrogen (secondary N) is 1. The number of aliphatic carboxylic acids is 1. The summed E-state index contributed by atoms with van der Waals surface area (Å²) in [5.74, 6) is -3.34. The monoisotopic (exact) mass is 263 g/mol. The first-order valence-corrected chi connectivity index (χ1v) is 6.47. The second-order valence-corrected chi connectivity index (χ2v) is 5.38. The van der Waals surface area contributed by atoms with Gasteiger partial charge in [-0.2, -0.15) is 0 Å². The third kappa shape index (κ3) is 4.16. The first kappa shape index (κ1) is 13.7. The molecule has 0 heterocycles. The lowest BCUT2D eigenvalue weighted by molar-refractivity contribution is -0.140. The van der Waals surface area contributed by atoms with Crippen molar-refractivity contribution >= 4 is 22.0 Å². The van der Waals surface area contributed by atoms with E-state index in [-0.39, 0.29) is 6.42 Å². The highest BCUT2D eigenvalue weighted by Crippen LogP contribution is 2.18. The maximum atomic E-state index is 11.4. The van der Waals surface area contributed by atoms with E-state index in [9.17, 15) is 18.0 Å². The van der Waals surface area contributed by atoms with Crippen LogP contribution in [0.5, 0.6) is 0 Å². The van der Waals surface area contributed by atoms with E-state index in [0.717, 1.165) is 7.11 Å². The van der Waals surface area contributed by atoms with Gasteiger partial charge in [-0.25, -0.2) is 13.1 Å². The molecule has 96 valence electrons. The molecule has 0 fully saturated rings. The number of carboxylic acid groups (broad SMARTS) is 1. The van der Waals surface area contributed by atoms with Crippen molar-refractivity contribution in [2.75, 3.05) is 12.9 Å². The van der Waals surface area contributed by atoms with E-state index in [1.54, 1.807) is 0 Å². The smallest absolute Gasteiger partial charge is 0.322 e. The molecule has 2 N–H and O–H groups in total. The minimum Gasteiger partial charge on any atom is -0.481 e. The van der Waals surface area contributed by atoms with Crippen LogP contribution in [0.1, 0.15) is 6.42 Å². The van der Waals surface area contributed by atoms with Crippen molar-refractivity contribution in [1.29, 1.82) is 0 Å². The van der Waals surface area contributed by atoms with Gasteiger partial charge in [0, 0.05) is 6.04 Å². The molecular formula is C9H13NO6S. The Morgan fingerprint density at radius 2 is 2.12 bits per heavy atom. The zero-order valence-electron chi connectivity index (χ0n) is 9.12. The standard InChI is InChI=1S/C9H13NO6S/c1-16-8(11)5-17(14,15)10-7-3-2-6(4-7)9(12)13/h2-3,6-7,10H,4-5H2,1H3,(H,12,13). The molecule has 0 aromatic rings. The number of carbonyl (C=O) groups excluding carboxylic acids is 1. The van der Waals surface area contributed by atoms with Crippen LogP contribution in [0.4, 0.5) is 0 Å². The van der Waals surface area contributed by atoms with E-state index in [0.29, 0.717) is 0 Å². The van der Waals surface area contributed by atoms with Crippen LogP contribution < -0.4 is 4.72 Å². The maximum absolute atomic E-state index is 11.4. The fourth-order valence-corrected chi connectivity index (χ4v) is 2.60. The highest BCUT2D eigenvalue weighted by molar-refractivity contribution is 7.90. The third-order valence-corrected chi connectivity index (χ3v) is 3.54. The summed E-state index contributed by atoms with van der Waals surface area (Å²) in [4.78, 5) is 21.5. The molecule has 0 amide bonds. The van der Waals surface area contributed by atoms with E-state index in [1.807, 2.05) is 0 Å². The molecular weight excluding hydrogens is 250 g/mol. The number of hydrogen-bond donors (Lipinski definition) is 2. The number of sulfonamides is 1. The van der Waals surface area contributed by atoms with Gasteiger partial charge in [-0.3, -0.25) is 9.59 Å². The summed E-state index contributed by atoms with van der Waals surface area (Å²) in [5.41, 5.74) is 0. The van der Waals surface area contributed by atoms with Crippen molar-refractivity contribution in [3.63, 3.8) is 0 Å². The van der Waals surface area contributed by atoms with Gasteiger partial charge in [0.2, 0.25) is 10.0 Å². The Balaban J connectivity index is 2.54. The van der Waals surface area contributed by atoms with E-state index in [2.05, 4.69) is 9.46 Å². The fraction of sp³-hybridized carbons (Fsp3) is 0.556. The summed E-state index contributed by atoms with van der Waals surface area (Å²) < 4.78 is 29.3. The van der Waals surface area contributed by atoms with Crippen molar-refractivity contribution in [3.8, 4) is 0 Å². The predicted octanol–water partition coefficient (Wildman–Crippen LogP) is -0.892. The highest BCUT2D eigenvalue weighted by Gasteiger charge is 2.28. The highest BCUT2D eigenvalue weighted by atomic mass is 32.2. The number of hydrogen-bond acceptors (Lipinski definition) is 5. The van der Waals surface area contributed by atoms with Crippen molar-refractivity contribution in [1.82, 2.24) is 4.72 Å². The molecule has 2 unspecified atom stereocenters. The summed E-state index contributed by atoms with van der Waals surface area (Å²) in [6, 6.07) is -0.592. The summed E-state index contributed by atoms with van der Waals surface area (Å²) in [7, 11) is -2.70. The molecule has 2 atom stereocenters. The first-order chi connectivity index (χ1) is 7.84. The fourth-order valence-electron chi connectivity index (χ4n) is 1.46.